The molecule has 2 N–H and O–H groups in total. The summed E-state index contributed by atoms with van der Waals surface area (Å²) in [6.45, 7) is 1.73. The molecule has 1 saturated heterocycles. The first kappa shape index (κ1) is 30.2. The number of amides is 3. The number of ether oxygens (including phenoxy) is 2. The first-order valence-corrected chi connectivity index (χ1v) is 15.8. The van der Waals surface area contributed by atoms with Gasteiger partial charge in [0, 0.05) is 16.5 Å². The minimum atomic E-state index is -0.838. The maximum absolute atomic E-state index is 13.9. The summed E-state index contributed by atoms with van der Waals surface area (Å²) in [6, 6.07) is 14.9. The van der Waals surface area contributed by atoms with Crippen LogP contribution in [0.4, 0.5) is 15.8 Å². The normalized spacial score (nSPS) is 19.0. The standard InChI is InChI=1S/C30H22Cl2FN3O6S2/c1-2-41-21-11-14(3-10-20(21)42-13-22(37)34-16-6-9-18(31)19(32)12-16)23-24-26(43-27-25(23)44-30(40)35-27)29(39)36(28(24)38)17-7-4-15(33)5-8-17/h3-12,23-24,26H,2,13H2,1H3,(H,34,37)(H,35,40). The third-order valence-corrected chi connectivity index (χ3v) is 10.2. The van der Waals surface area contributed by atoms with E-state index in [0.29, 0.717) is 36.9 Å². The highest BCUT2D eigenvalue weighted by Gasteiger charge is 2.56. The van der Waals surface area contributed by atoms with Crippen LogP contribution < -0.4 is 24.6 Å². The van der Waals surface area contributed by atoms with Gasteiger partial charge in [0.05, 0.1) is 33.3 Å². The molecule has 2 aliphatic rings. The first-order valence-electron chi connectivity index (χ1n) is 13.3. The number of imide groups is 1. The van der Waals surface area contributed by atoms with E-state index >= 15 is 0 Å². The maximum Gasteiger partial charge on any atom is 0.305 e. The summed E-state index contributed by atoms with van der Waals surface area (Å²) in [5, 5.41) is 3.04. The number of nitrogens with one attached hydrogen (secondary N) is 2. The van der Waals surface area contributed by atoms with Gasteiger partial charge in [-0.25, -0.2) is 9.29 Å². The summed E-state index contributed by atoms with van der Waals surface area (Å²) in [5.41, 5.74) is 1.34. The number of H-pyrrole nitrogens is 1. The van der Waals surface area contributed by atoms with Crippen LogP contribution in [0.25, 0.3) is 0 Å². The highest BCUT2D eigenvalue weighted by atomic mass is 35.5. The minimum absolute atomic E-state index is 0.268. The molecule has 3 heterocycles. The van der Waals surface area contributed by atoms with Crippen molar-refractivity contribution >= 4 is 75.4 Å². The topological polar surface area (TPSA) is 118 Å². The number of hydrogen-bond acceptors (Lipinski definition) is 8. The number of halogens is 3. The summed E-state index contributed by atoms with van der Waals surface area (Å²) in [6.07, 6.45) is 0. The summed E-state index contributed by atoms with van der Waals surface area (Å²) >= 11 is 14.1. The lowest BCUT2D eigenvalue weighted by Crippen LogP contribution is -2.32. The van der Waals surface area contributed by atoms with E-state index in [1.807, 2.05) is 0 Å². The van der Waals surface area contributed by atoms with Crippen LogP contribution in [0, 0.1) is 11.7 Å². The van der Waals surface area contributed by atoms with Crippen LogP contribution in [0.3, 0.4) is 0 Å². The van der Waals surface area contributed by atoms with Gasteiger partial charge in [-0.3, -0.25) is 19.2 Å². The van der Waals surface area contributed by atoms with E-state index in [1.165, 1.54) is 30.3 Å². The molecule has 3 aromatic carbocycles. The first-order chi connectivity index (χ1) is 21.1. The lowest BCUT2D eigenvalue weighted by molar-refractivity contribution is -0.122. The molecule has 226 valence electrons. The van der Waals surface area contributed by atoms with Crippen LogP contribution in [-0.2, 0) is 14.4 Å². The molecule has 1 aromatic heterocycles. The van der Waals surface area contributed by atoms with Gasteiger partial charge in [0.25, 0.3) is 5.91 Å². The van der Waals surface area contributed by atoms with Crippen molar-refractivity contribution in [3.8, 4) is 11.5 Å². The quantitative estimate of drug-likeness (QED) is 0.217. The molecule has 1 fully saturated rings. The number of carbonyl (C=O) groups is 3. The molecule has 44 heavy (non-hydrogen) atoms. The molecule has 0 aliphatic carbocycles. The van der Waals surface area contributed by atoms with Gasteiger partial charge in [-0.1, -0.05) is 52.4 Å². The Balaban J connectivity index is 1.30. The van der Waals surface area contributed by atoms with Crippen molar-refractivity contribution in [3.05, 3.63) is 96.6 Å². The minimum Gasteiger partial charge on any atom is -0.490 e. The van der Waals surface area contributed by atoms with Gasteiger partial charge in [-0.05, 0) is 67.1 Å². The Morgan fingerprint density at radius 3 is 2.48 bits per heavy atom. The van der Waals surface area contributed by atoms with E-state index in [4.69, 9.17) is 32.7 Å². The van der Waals surface area contributed by atoms with Crippen LogP contribution in [-0.4, -0.2) is 41.2 Å². The molecule has 0 radical (unpaired) electrons. The molecule has 9 nitrogen and oxygen atoms in total. The highest BCUT2D eigenvalue weighted by molar-refractivity contribution is 8.00. The summed E-state index contributed by atoms with van der Waals surface area (Å²) in [5.74, 6) is -2.73. The number of aromatic amines is 1. The second-order valence-electron chi connectivity index (χ2n) is 9.84. The van der Waals surface area contributed by atoms with Gasteiger partial charge in [0.15, 0.2) is 18.1 Å². The number of rotatable bonds is 8. The number of hydrogen-bond donors (Lipinski definition) is 2. The zero-order chi connectivity index (χ0) is 31.1. The maximum atomic E-state index is 13.9. The van der Waals surface area contributed by atoms with E-state index in [-0.39, 0.29) is 29.5 Å². The molecule has 2 aliphatic heterocycles. The Bertz CT molecular complexity index is 1850. The number of nitrogens with zero attached hydrogens (tertiary/aromatic N) is 1. The molecule has 0 spiro atoms. The number of carbonyl (C=O) groups excluding carboxylic acids is 3. The van der Waals surface area contributed by atoms with Crippen molar-refractivity contribution in [1.82, 2.24) is 4.98 Å². The van der Waals surface area contributed by atoms with Crippen LogP contribution in [0.1, 0.15) is 23.3 Å². The summed E-state index contributed by atoms with van der Waals surface area (Å²) < 4.78 is 25.2. The Labute approximate surface area is 268 Å². The Hall–Kier alpha value is -3.84. The lowest BCUT2D eigenvalue weighted by atomic mass is 9.83. The monoisotopic (exact) mass is 673 g/mol. The van der Waals surface area contributed by atoms with E-state index in [2.05, 4.69) is 10.3 Å². The molecule has 14 heteroatoms. The molecule has 4 aromatic rings. The predicted molar refractivity (Wildman–Crippen MR) is 167 cm³/mol. The number of thioether (sulfide) groups is 1. The molecule has 3 amide bonds. The molecule has 3 unspecified atom stereocenters. The third-order valence-electron chi connectivity index (χ3n) is 7.10. The number of aromatic nitrogens is 1. The Morgan fingerprint density at radius 2 is 1.75 bits per heavy atom. The molecule has 0 saturated carbocycles. The van der Waals surface area contributed by atoms with Crippen molar-refractivity contribution in [2.24, 2.45) is 5.92 Å². The average Bonchev–Trinajstić information content (AvgIpc) is 3.49. The summed E-state index contributed by atoms with van der Waals surface area (Å²) in [7, 11) is 0. The fourth-order valence-corrected chi connectivity index (χ4v) is 8.05. The van der Waals surface area contributed by atoms with Gasteiger partial charge in [0.2, 0.25) is 11.8 Å². The second kappa shape index (κ2) is 12.3. The zero-order valence-electron chi connectivity index (χ0n) is 22.8. The highest BCUT2D eigenvalue weighted by Crippen LogP contribution is 2.53. The van der Waals surface area contributed by atoms with E-state index in [0.717, 1.165) is 28.0 Å². The fraction of sp³-hybridized carbons (Fsp3) is 0.200. The summed E-state index contributed by atoms with van der Waals surface area (Å²) in [4.78, 5) is 56.6. The van der Waals surface area contributed by atoms with Crippen molar-refractivity contribution in [2.45, 2.75) is 23.1 Å². The predicted octanol–water partition coefficient (Wildman–Crippen LogP) is 6.09. The number of benzene rings is 3. The third kappa shape index (κ3) is 5.70. The molecular weight excluding hydrogens is 652 g/mol. The lowest BCUT2D eigenvalue weighted by Gasteiger charge is -2.30. The van der Waals surface area contributed by atoms with Crippen molar-refractivity contribution in [2.75, 3.05) is 23.4 Å². The van der Waals surface area contributed by atoms with E-state index in [9.17, 15) is 23.6 Å². The average molecular weight is 675 g/mol. The fourth-order valence-electron chi connectivity index (χ4n) is 5.24. The van der Waals surface area contributed by atoms with Gasteiger partial charge < -0.3 is 19.8 Å². The molecule has 3 atom stereocenters. The van der Waals surface area contributed by atoms with Crippen LogP contribution >= 0.6 is 46.3 Å². The van der Waals surface area contributed by atoms with E-state index in [1.54, 1.807) is 37.3 Å². The van der Waals surface area contributed by atoms with Crippen LogP contribution in [0.2, 0.25) is 10.0 Å². The second-order valence-corrected chi connectivity index (χ2v) is 12.8. The Kier molecular flexibility index (Phi) is 8.42. The van der Waals surface area contributed by atoms with Gasteiger partial charge in [0.1, 0.15) is 11.1 Å². The van der Waals surface area contributed by atoms with Crippen molar-refractivity contribution in [1.29, 1.82) is 0 Å². The molecular formula is C30H22Cl2FN3O6S2. The van der Waals surface area contributed by atoms with Gasteiger partial charge >= 0.3 is 4.87 Å². The van der Waals surface area contributed by atoms with Crippen molar-refractivity contribution < 1.29 is 28.2 Å². The van der Waals surface area contributed by atoms with Gasteiger partial charge in [-0.2, -0.15) is 0 Å². The number of anilines is 2. The molecule has 0 bridgehead atoms. The van der Waals surface area contributed by atoms with E-state index < -0.39 is 40.6 Å². The molecule has 6 rings (SSSR count). The van der Waals surface area contributed by atoms with Crippen LogP contribution in [0.15, 0.2) is 70.5 Å². The Morgan fingerprint density at radius 1 is 0.977 bits per heavy atom. The number of fused-ring (bicyclic) bond motifs is 2. The van der Waals surface area contributed by atoms with Gasteiger partial charge in [-0.15, -0.1) is 0 Å². The van der Waals surface area contributed by atoms with Crippen molar-refractivity contribution in [3.63, 3.8) is 0 Å². The number of thiazole rings is 1. The largest absolute Gasteiger partial charge is 0.490 e. The SMILES string of the molecule is CCOc1cc(C2c3sc(=O)[nH]c3SC3C(=O)N(c4ccc(F)cc4)C(=O)C32)ccc1OCC(=O)Nc1ccc(Cl)c(Cl)c1. The zero-order valence-corrected chi connectivity index (χ0v) is 25.9. The smallest absolute Gasteiger partial charge is 0.305 e. The van der Waals surface area contributed by atoms with Crippen LogP contribution in [0.5, 0.6) is 11.5 Å².